The number of aliphatic hydroxyl groups is 1. The highest BCUT2D eigenvalue weighted by Gasteiger charge is 2.15. The molecule has 0 heterocycles. The van der Waals surface area contributed by atoms with Gasteiger partial charge in [0.1, 0.15) is 11.5 Å². The number of hydrogen-bond acceptors (Lipinski definition) is 4. The maximum Gasteiger partial charge on any atom is 0.124 e. The van der Waals surface area contributed by atoms with E-state index in [2.05, 4.69) is 15.9 Å². The fraction of sp³-hybridized carbons (Fsp3) is 0.250. The quantitative estimate of drug-likeness (QED) is 0.771. The van der Waals surface area contributed by atoms with E-state index in [1.54, 1.807) is 26.0 Å². The van der Waals surface area contributed by atoms with E-state index < -0.39 is 6.10 Å². The Morgan fingerprint density at radius 3 is 2.43 bits per heavy atom. The molecular weight excluding hydrogens is 352 g/mol. The van der Waals surface area contributed by atoms with Gasteiger partial charge in [-0.3, -0.25) is 0 Å². The van der Waals surface area contributed by atoms with Crippen LogP contribution in [0, 0.1) is 0 Å². The van der Waals surface area contributed by atoms with Crippen molar-refractivity contribution in [1.29, 1.82) is 0 Å². The van der Waals surface area contributed by atoms with Gasteiger partial charge in [0.05, 0.1) is 20.3 Å². The third kappa shape index (κ3) is 4.40. The summed E-state index contributed by atoms with van der Waals surface area (Å²) in [6.45, 7) is 0. The lowest BCUT2D eigenvalue weighted by Crippen LogP contribution is -2.04. The van der Waals surface area contributed by atoms with Crippen LogP contribution in [-0.2, 0) is 0 Å². The maximum absolute atomic E-state index is 10.4. The lowest BCUT2D eigenvalue weighted by molar-refractivity contribution is 0.198. The molecule has 2 aromatic rings. The lowest BCUT2D eigenvalue weighted by Gasteiger charge is -2.15. The van der Waals surface area contributed by atoms with Crippen molar-refractivity contribution in [2.75, 3.05) is 20.0 Å². The summed E-state index contributed by atoms with van der Waals surface area (Å²) in [4.78, 5) is 1.11. The van der Waals surface area contributed by atoms with Crippen LogP contribution in [0.4, 0.5) is 0 Å². The molecule has 0 aliphatic heterocycles. The van der Waals surface area contributed by atoms with Crippen LogP contribution in [0.2, 0.25) is 0 Å². The number of ether oxygens (including phenoxy) is 2. The number of thioether (sulfide) groups is 1. The monoisotopic (exact) mass is 368 g/mol. The molecule has 1 unspecified atom stereocenters. The predicted octanol–water partition coefficient (Wildman–Crippen LogP) is 4.29. The summed E-state index contributed by atoms with van der Waals surface area (Å²) in [5, 5.41) is 10.4. The van der Waals surface area contributed by atoms with Crippen LogP contribution >= 0.6 is 27.7 Å². The first-order chi connectivity index (χ1) is 10.1. The van der Waals surface area contributed by atoms with Gasteiger partial charge in [-0.1, -0.05) is 15.9 Å². The van der Waals surface area contributed by atoms with Gasteiger partial charge in [0.2, 0.25) is 0 Å². The third-order valence-electron chi connectivity index (χ3n) is 3.02. The van der Waals surface area contributed by atoms with Crippen molar-refractivity contribution in [1.82, 2.24) is 0 Å². The highest BCUT2D eigenvalue weighted by Crippen LogP contribution is 2.33. The molecule has 0 fully saturated rings. The highest BCUT2D eigenvalue weighted by atomic mass is 79.9. The minimum atomic E-state index is -0.622. The molecule has 2 rings (SSSR count). The van der Waals surface area contributed by atoms with E-state index in [1.807, 2.05) is 42.5 Å². The number of rotatable bonds is 6. The summed E-state index contributed by atoms with van der Waals surface area (Å²) < 4.78 is 11.5. The van der Waals surface area contributed by atoms with Crippen molar-refractivity contribution < 1.29 is 14.6 Å². The fourth-order valence-corrected chi connectivity index (χ4v) is 3.02. The van der Waals surface area contributed by atoms with Gasteiger partial charge >= 0.3 is 0 Å². The molecule has 1 atom stereocenters. The smallest absolute Gasteiger partial charge is 0.124 e. The third-order valence-corrected chi connectivity index (χ3v) is 4.63. The van der Waals surface area contributed by atoms with Crippen LogP contribution in [0.5, 0.6) is 11.5 Å². The molecule has 0 saturated heterocycles. The van der Waals surface area contributed by atoms with E-state index in [1.165, 1.54) is 0 Å². The normalized spacial score (nSPS) is 12.0. The first-order valence-electron chi connectivity index (χ1n) is 6.42. The zero-order valence-corrected chi connectivity index (χ0v) is 14.3. The molecule has 0 bridgehead atoms. The number of hydrogen-bond donors (Lipinski definition) is 1. The van der Waals surface area contributed by atoms with Gasteiger partial charge in [0, 0.05) is 20.7 Å². The van der Waals surface area contributed by atoms with Gasteiger partial charge in [-0.2, -0.15) is 0 Å². The average Bonchev–Trinajstić information content (AvgIpc) is 2.53. The van der Waals surface area contributed by atoms with E-state index >= 15 is 0 Å². The Morgan fingerprint density at radius 1 is 1.10 bits per heavy atom. The molecule has 0 amide bonds. The Kier molecular flexibility index (Phi) is 5.96. The predicted molar refractivity (Wildman–Crippen MR) is 89.4 cm³/mol. The Bertz CT molecular complexity index is 587. The van der Waals surface area contributed by atoms with E-state index in [0.717, 1.165) is 14.9 Å². The molecule has 5 heteroatoms. The average molecular weight is 369 g/mol. The standard InChI is InChI=1S/C16H17BrO3S/c1-19-12-5-8-16(20-2)14(9-12)15(18)10-21-13-6-3-11(17)4-7-13/h3-9,15,18H,10H2,1-2H3. The van der Waals surface area contributed by atoms with Crippen molar-refractivity contribution in [3.05, 3.63) is 52.5 Å². The Morgan fingerprint density at radius 2 is 1.81 bits per heavy atom. The number of halogens is 1. The molecule has 0 aromatic heterocycles. The number of aliphatic hydroxyl groups excluding tert-OH is 1. The molecule has 0 radical (unpaired) electrons. The fourth-order valence-electron chi connectivity index (χ4n) is 1.90. The Balaban J connectivity index is 2.08. The molecule has 112 valence electrons. The summed E-state index contributed by atoms with van der Waals surface area (Å²) in [7, 11) is 3.20. The minimum absolute atomic E-state index is 0.547. The largest absolute Gasteiger partial charge is 0.497 e. The van der Waals surface area contributed by atoms with E-state index in [0.29, 0.717) is 17.3 Å². The summed E-state index contributed by atoms with van der Waals surface area (Å²) in [6, 6.07) is 13.4. The molecule has 2 aromatic carbocycles. The Hall–Kier alpha value is -1.17. The van der Waals surface area contributed by atoms with Crippen LogP contribution in [0.15, 0.2) is 51.8 Å². The van der Waals surface area contributed by atoms with Gasteiger partial charge in [0.25, 0.3) is 0 Å². The molecule has 0 aliphatic rings. The molecule has 0 aliphatic carbocycles. The topological polar surface area (TPSA) is 38.7 Å². The minimum Gasteiger partial charge on any atom is -0.497 e. The second kappa shape index (κ2) is 7.73. The lowest BCUT2D eigenvalue weighted by atomic mass is 10.1. The summed E-state index contributed by atoms with van der Waals surface area (Å²) in [5.41, 5.74) is 0.737. The van der Waals surface area contributed by atoms with Crippen LogP contribution in [-0.4, -0.2) is 25.1 Å². The van der Waals surface area contributed by atoms with Crippen LogP contribution in [0.1, 0.15) is 11.7 Å². The van der Waals surface area contributed by atoms with Crippen LogP contribution in [0.3, 0.4) is 0 Å². The molecule has 0 spiro atoms. The summed E-state index contributed by atoms with van der Waals surface area (Å²) in [5.74, 6) is 1.92. The van der Waals surface area contributed by atoms with Gasteiger partial charge in [-0.05, 0) is 42.5 Å². The molecule has 21 heavy (non-hydrogen) atoms. The van der Waals surface area contributed by atoms with Crippen molar-refractivity contribution in [3.8, 4) is 11.5 Å². The highest BCUT2D eigenvalue weighted by molar-refractivity contribution is 9.10. The van der Waals surface area contributed by atoms with Crippen molar-refractivity contribution in [3.63, 3.8) is 0 Å². The molecule has 3 nitrogen and oxygen atoms in total. The number of methoxy groups -OCH3 is 2. The summed E-state index contributed by atoms with van der Waals surface area (Å²) in [6.07, 6.45) is -0.622. The van der Waals surface area contributed by atoms with Gasteiger partial charge in [-0.15, -0.1) is 11.8 Å². The molecular formula is C16H17BrO3S. The van der Waals surface area contributed by atoms with E-state index in [9.17, 15) is 5.11 Å². The van der Waals surface area contributed by atoms with Crippen molar-refractivity contribution in [2.45, 2.75) is 11.0 Å². The first kappa shape index (κ1) is 16.2. The van der Waals surface area contributed by atoms with Crippen molar-refractivity contribution in [2.24, 2.45) is 0 Å². The van der Waals surface area contributed by atoms with E-state index in [4.69, 9.17) is 9.47 Å². The van der Waals surface area contributed by atoms with Gasteiger partial charge in [-0.25, -0.2) is 0 Å². The van der Waals surface area contributed by atoms with Gasteiger partial charge < -0.3 is 14.6 Å². The van der Waals surface area contributed by atoms with Crippen molar-refractivity contribution >= 4 is 27.7 Å². The SMILES string of the molecule is COc1ccc(OC)c(C(O)CSc2ccc(Br)cc2)c1. The second-order valence-corrected chi connectivity index (χ2v) is 6.40. The second-order valence-electron chi connectivity index (χ2n) is 4.39. The van der Waals surface area contributed by atoms with Crippen LogP contribution in [0.25, 0.3) is 0 Å². The number of benzene rings is 2. The summed E-state index contributed by atoms with van der Waals surface area (Å²) >= 11 is 5.01. The maximum atomic E-state index is 10.4. The van der Waals surface area contributed by atoms with Gasteiger partial charge in [0.15, 0.2) is 0 Å². The van der Waals surface area contributed by atoms with Crippen LogP contribution < -0.4 is 9.47 Å². The zero-order valence-electron chi connectivity index (χ0n) is 11.9. The van der Waals surface area contributed by atoms with E-state index in [-0.39, 0.29) is 0 Å². The zero-order chi connectivity index (χ0) is 15.2. The Labute approximate surface area is 137 Å². The first-order valence-corrected chi connectivity index (χ1v) is 8.20. The molecule has 1 N–H and O–H groups in total. The molecule has 0 saturated carbocycles.